The number of aromatic hydroxyl groups is 2. The van der Waals surface area contributed by atoms with Crippen LogP contribution in [0.25, 0.3) is 0 Å². The highest BCUT2D eigenvalue weighted by molar-refractivity contribution is 5.53. The quantitative estimate of drug-likeness (QED) is 0.510. The molecule has 1 aromatic rings. The maximum Gasteiger partial charge on any atom is 0.119 e. The van der Waals surface area contributed by atoms with Crippen molar-refractivity contribution in [3.05, 3.63) is 23.3 Å². The molecule has 3 atom stereocenters. The van der Waals surface area contributed by atoms with E-state index in [0.717, 1.165) is 23.5 Å². The van der Waals surface area contributed by atoms with E-state index in [4.69, 9.17) is 0 Å². The van der Waals surface area contributed by atoms with Gasteiger partial charge < -0.3 is 10.2 Å². The molecule has 1 aromatic carbocycles. The van der Waals surface area contributed by atoms with E-state index in [-0.39, 0.29) is 5.41 Å². The normalized spacial score (nSPS) is 26.8. The van der Waals surface area contributed by atoms with Crippen molar-refractivity contribution >= 4 is 0 Å². The van der Waals surface area contributed by atoms with Gasteiger partial charge in [0.2, 0.25) is 0 Å². The zero-order chi connectivity index (χ0) is 16.6. The number of rotatable bonds is 6. The van der Waals surface area contributed by atoms with Gasteiger partial charge in [-0.05, 0) is 61.0 Å². The van der Waals surface area contributed by atoms with E-state index in [9.17, 15) is 10.2 Å². The van der Waals surface area contributed by atoms with Crippen LogP contribution in [0.3, 0.4) is 0 Å². The van der Waals surface area contributed by atoms with Gasteiger partial charge in [0.1, 0.15) is 11.5 Å². The Labute approximate surface area is 140 Å². The molecule has 2 saturated carbocycles. The van der Waals surface area contributed by atoms with E-state index in [1.165, 1.54) is 44.9 Å². The maximum absolute atomic E-state index is 10.6. The van der Waals surface area contributed by atoms with E-state index in [1.54, 1.807) is 12.1 Å². The van der Waals surface area contributed by atoms with E-state index in [0.29, 0.717) is 23.3 Å². The van der Waals surface area contributed by atoms with Crippen LogP contribution < -0.4 is 0 Å². The first-order chi connectivity index (χ1) is 10.9. The molecule has 2 nitrogen and oxygen atoms in total. The maximum atomic E-state index is 10.6. The highest BCUT2D eigenvalue weighted by Gasteiger charge is 2.43. The number of hydrogen-bond donors (Lipinski definition) is 2. The lowest BCUT2D eigenvalue weighted by atomic mass is 9.71. The standard InChI is InChI=1S/C21H32O2/c1-4-5-6-11-21(2,3)20-18(23)10-9-17(22)19(20)16-13-14-7-8-15(16)12-14/h9-10,14-16,22-23H,4-8,11-13H2,1-3H3. The van der Waals surface area contributed by atoms with Gasteiger partial charge >= 0.3 is 0 Å². The Kier molecular flexibility index (Phi) is 4.62. The summed E-state index contributed by atoms with van der Waals surface area (Å²) >= 11 is 0. The van der Waals surface area contributed by atoms with Crippen molar-refractivity contribution in [2.45, 2.75) is 83.5 Å². The number of unbranched alkanes of at least 4 members (excludes halogenated alkanes) is 2. The molecule has 0 aliphatic heterocycles. The van der Waals surface area contributed by atoms with Crippen LogP contribution in [-0.2, 0) is 5.41 Å². The van der Waals surface area contributed by atoms with Crippen LogP contribution in [0.2, 0.25) is 0 Å². The molecule has 0 saturated heterocycles. The smallest absolute Gasteiger partial charge is 0.119 e. The van der Waals surface area contributed by atoms with Gasteiger partial charge in [-0.2, -0.15) is 0 Å². The fourth-order valence-corrected chi connectivity index (χ4v) is 5.22. The lowest BCUT2D eigenvalue weighted by Crippen LogP contribution is -2.22. The fraction of sp³-hybridized carbons (Fsp3) is 0.714. The molecule has 0 radical (unpaired) electrons. The number of phenolic OH excluding ortho intramolecular Hbond substituents is 2. The van der Waals surface area contributed by atoms with Crippen molar-refractivity contribution < 1.29 is 10.2 Å². The van der Waals surface area contributed by atoms with E-state index in [2.05, 4.69) is 20.8 Å². The molecule has 0 aromatic heterocycles. The first-order valence-electron chi connectivity index (χ1n) is 9.49. The van der Waals surface area contributed by atoms with Crippen molar-refractivity contribution in [3.63, 3.8) is 0 Å². The number of hydrogen-bond acceptors (Lipinski definition) is 2. The number of fused-ring (bicyclic) bond motifs is 2. The fourth-order valence-electron chi connectivity index (χ4n) is 5.22. The molecule has 2 aliphatic rings. The predicted molar refractivity (Wildman–Crippen MR) is 95.1 cm³/mol. The molecule has 0 spiro atoms. The summed E-state index contributed by atoms with van der Waals surface area (Å²) in [5, 5.41) is 21.3. The summed E-state index contributed by atoms with van der Waals surface area (Å²) in [6, 6.07) is 3.38. The zero-order valence-corrected chi connectivity index (χ0v) is 14.9. The first kappa shape index (κ1) is 16.7. The third kappa shape index (κ3) is 3.09. The number of phenols is 2. The lowest BCUT2D eigenvalue weighted by molar-refractivity contribution is 0.364. The van der Waals surface area contributed by atoms with Crippen LogP contribution in [0.15, 0.2) is 12.1 Å². The summed E-state index contributed by atoms with van der Waals surface area (Å²) in [4.78, 5) is 0. The largest absolute Gasteiger partial charge is 0.508 e. The number of benzene rings is 1. The average Bonchev–Trinajstić information content (AvgIpc) is 3.12. The Hall–Kier alpha value is -1.18. The predicted octanol–water partition coefficient (Wildman–Crippen LogP) is 5.86. The van der Waals surface area contributed by atoms with Crippen molar-refractivity contribution in [3.8, 4) is 11.5 Å². The zero-order valence-electron chi connectivity index (χ0n) is 14.9. The van der Waals surface area contributed by atoms with Crippen molar-refractivity contribution in [2.75, 3.05) is 0 Å². The summed E-state index contributed by atoms with van der Waals surface area (Å²) in [5.41, 5.74) is 2.00. The highest BCUT2D eigenvalue weighted by atomic mass is 16.3. The molecule has 2 heteroatoms. The molecule has 3 unspecified atom stereocenters. The Morgan fingerprint density at radius 3 is 2.39 bits per heavy atom. The van der Waals surface area contributed by atoms with Crippen LogP contribution in [0.5, 0.6) is 11.5 Å². The first-order valence-corrected chi connectivity index (χ1v) is 9.49. The summed E-state index contributed by atoms with van der Waals surface area (Å²) < 4.78 is 0. The molecule has 2 aliphatic carbocycles. The van der Waals surface area contributed by atoms with Crippen LogP contribution >= 0.6 is 0 Å². The lowest BCUT2D eigenvalue weighted by Gasteiger charge is -2.33. The molecule has 0 amide bonds. The monoisotopic (exact) mass is 316 g/mol. The second-order valence-electron chi connectivity index (χ2n) is 8.51. The van der Waals surface area contributed by atoms with E-state index < -0.39 is 0 Å². The van der Waals surface area contributed by atoms with Crippen molar-refractivity contribution in [1.29, 1.82) is 0 Å². The molecule has 2 N–H and O–H groups in total. The minimum Gasteiger partial charge on any atom is -0.508 e. The van der Waals surface area contributed by atoms with Crippen molar-refractivity contribution in [2.24, 2.45) is 11.8 Å². The van der Waals surface area contributed by atoms with Crippen molar-refractivity contribution in [1.82, 2.24) is 0 Å². The average molecular weight is 316 g/mol. The highest BCUT2D eigenvalue weighted by Crippen LogP contribution is 2.57. The second-order valence-corrected chi connectivity index (χ2v) is 8.51. The molecule has 0 heterocycles. The molecule has 2 bridgehead atoms. The summed E-state index contributed by atoms with van der Waals surface area (Å²) in [5.74, 6) is 2.77. The van der Waals surface area contributed by atoms with Gasteiger partial charge in [0.05, 0.1) is 0 Å². The molecule has 2 fully saturated rings. The summed E-state index contributed by atoms with van der Waals surface area (Å²) in [6.07, 6.45) is 9.83. The second kappa shape index (κ2) is 6.37. The Morgan fingerprint density at radius 1 is 1.04 bits per heavy atom. The molecular weight excluding hydrogens is 284 g/mol. The molecule has 3 rings (SSSR count). The van der Waals surface area contributed by atoms with Gasteiger partial charge in [0.15, 0.2) is 0 Å². The van der Waals surface area contributed by atoms with E-state index in [1.807, 2.05) is 0 Å². The van der Waals surface area contributed by atoms with Crippen LogP contribution in [0.1, 0.15) is 89.2 Å². The third-order valence-electron chi connectivity index (χ3n) is 6.39. The van der Waals surface area contributed by atoms with Gasteiger partial charge in [-0.1, -0.05) is 46.5 Å². The van der Waals surface area contributed by atoms with Gasteiger partial charge in [-0.15, -0.1) is 0 Å². The van der Waals surface area contributed by atoms with Crippen LogP contribution in [-0.4, -0.2) is 10.2 Å². The third-order valence-corrected chi connectivity index (χ3v) is 6.39. The Balaban J connectivity index is 1.97. The summed E-state index contributed by atoms with van der Waals surface area (Å²) in [7, 11) is 0. The van der Waals surface area contributed by atoms with Crippen LogP contribution in [0.4, 0.5) is 0 Å². The Morgan fingerprint density at radius 2 is 1.78 bits per heavy atom. The SMILES string of the molecule is CCCCCC(C)(C)c1c(O)ccc(O)c1C1CC2CCC1C2. The van der Waals surface area contributed by atoms with Gasteiger partial charge in [-0.3, -0.25) is 0 Å². The van der Waals surface area contributed by atoms with Gasteiger partial charge in [-0.25, -0.2) is 0 Å². The Bertz CT molecular complexity index is 561. The van der Waals surface area contributed by atoms with Crippen LogP contribution in [0, 0.1) is 11.8 Å². The molecule has 128 valence electrons. The molecular formula is C21H32O2. The van der Waals surface area contributed by atoms with E-state index >= 15 is 0 Å². The summed E-state index contributed by atoms with van der Waals surface area (Å²) in [6.45, 7) is 6.68. The molecule has 23 heavy (non-hydrogen) atoms. The topological polar surface area (TPSA) is 40.5 Å². The minimum absolute atomic E-state index is 0.0881. The van der Waals surface area contributed by atoms with Gasteiger partial charge in [0, 0.05) is 11.1 Å². The minimum atomic E-state index is -0.0881. The van der Waals surface area contributed by atoms with Gasteiger partial charge in [0.25, 0.3) is 0 Å².